The molecule has 2 heterocycles. The summed E-state index contributed by atoms with van der Waals surface area (Å²) in [5, 5.41) is 4.33. The van der Waals surface area contributed by atoms with Crippen LogP contribution in [0.15, 0.2) is 83.8 Å². The Morgan fingerprint density at radius 1 is 0.844 bits per heavy atom. The van der Waals surface area contributed by atoms with Crippen molar-refractivity contribution >= 4 is 70.9 Å². The van der Waals surface area contributed by atoms with Crippen molar-refractivity contribution < 1.29 is 22.8 Å². The number of rotatable bonds is 11. The third-order valence-electron chi connectivity index (χ3n) is 7.92. The van der Waals surface area contributed by atoms with Gasteiger partial charge in [0.05, 0.1) is 31.9 Å². The van der Waals surface area contributed by atoms with Crippen LogP contribution < -0.4 is 10.2 Å². The van der Waals surface area contributed by atoms with Crippen LogP contribution in [0.2, 0.25) is 0 Å². The summed E-state index contributed by atoms with van der Waals surface area (Å²) in [6.07, 6.45) is 3.37. The molecule has 4 aromatic carbocycles. The van der Waals surface area contributed by atoms with E-state index in [2.05, 4.69) is 10.3 Å². The number of thiazole rings is 1. The van der Waals surface area contributed by atoms with Crippen LogP contribution in [0, 0.1) is 0 Å². The number of nitrogens with zero attached hydrogens (tertiary/aromatic N) is 3. The van der Waals surface area contributed by atoms with Crippen LogP contribution in [0.25, 0.3) is 21.0 Å². The van der Waals surface area contributed by atoms with Crippen LogP contribution in [0.1, 0.15) is 70.6 Å². The Kier molecular flexibility index (Phi) is 8.50. The Hall–Kier alpha value is -4.45. The fourth-order valence-electron chi connectivity index (χ4n) is 5.54. The molecule has 9 nitrogen and oxygen atoms in total. The van der Waals surface area contributed by atoms with Gasteiger partial charge in [-0.2, -0.15) is 4.31 Å². The molecule has 1 aliphatic rings. The molecule has 0 saturated heterocycles. The van der Waals surface area contributed by atoms with E-state index in [9.17, 15) is 22.8 Å². The van der Waals surface area contributed by atoms with E-state index in [1.165, 1.54) is 11.3 Å². The molecule has 0 aliphatic carbocycles. The SMILES string of the molecule is CCCCN(CCCC)S(=O)(=O)c1ccc2nc(NC(=O)c3ccc(N4C(=O)c5ccccc5C4=O)c4ccccc34)sc2c1. The molecule has 11 heteroatoms. The number of hydrogen-bond acceptors (Lipinski definition) is 7. The molecule has 1 N–H and O–H groups in total. The van der Waals surface area contributed by atoms with Gasteiger partial charge in [-0.05, 0) is 60.7 Å². The summed E-state index contributed by atoms with van der Waals surface area (Å²) in [5.74, 6) is -1.24. The zero-order valence-corrected chi connectivity index (χ0v) is 26.6. The molecule has 1 aliphatic heterocycles. The Morgan fingerprint density at radius 3 is 2.11 bits per heavy atom. The lowest BCUT2D eigenvalue weighted by atomic mass is 10.0. The maximum Gasteiger partial charge on any atom is 0.266 e. The fraction of sp³-hybridized carbons (Fsp3) is 0.235. The summed E-state index contributed by atoms with van der Waals surface area (Å²) in [6.45, 7) is 5.02. The highest BCUT2D eigenvalue weighted by atomic mass is 32.2. The van der Waals surface area contributed by atoms with Crippen molar-refractivity contribution in [2.24, 2.45) is 0 Å². The number of benzene rings is 4. The second-order valence-electron chi connectivity index (χ2n) is 10.9. The minimum absolute atomic E-state index is 0.207. The van der Waals surface area contributed by atoms with E-state index < -0.39 is 27.7 Å². The molecule has 0 atom stereocenters. The Labute approximate surface area is 265 Å². The zero-order valence-electron chi connectivity index (χ0n) is 24.9. The van der Waals surface area contributed by atoms with Crippen LogP contribution in [0.4, 0.5) is 10.8 Å². The third-order valence-corrected chi connectivity index (χ3v) is 10.7. The number of sulfonamides is 1. The summed E-state index contributed by atoms with van der Waals surface area (Å²) in [4.78, 5) is 45.8. The predicted molar refractivity (Wildman–Crippen MR) is 178 cm³/mol. The van der Waals surface area contributed by atoms with Gasteiger partial charge in [0.25, 0.3) is 17.7 Å². The fourth-order valence-corrected chi connectivity index (χ4v) is 8.06. The van der Waals surface area contributed by atoms with Gasteiger partial charge < -0.3 is 0 Å². The van der Waals surface area contributed by atoms with E-state index in [-0.39, 0.29) is 4.90 Å². The van der Waals surface area contributed by atoms with Crippen molar-refractivity contribution in [1.29, 1.82) is 0 Å². The number of hydrogen-bond donors (Lipinski definition) is 1. The standard InChI is InChI=1S/C34H32N4O5S2/c1-3-5-19-37(20-6-4-2)45(42,43)22-15-17-28-30(21-22)44-34(35-28)36-31(39)25-16-18-29(24-12-8-7-11-23(24)25)38-32(40)26-13-9-10-14-27(26)33(38)41/h7-18,21H,3-6,19-20H2,1-2H3,(H,35,36,39). The smallest absolute Gasteiger partial charge is 0.266 e. The highest BCUT2D eigenvalue weighted by Crippen LogP contribution is 2.36. The van der Waals surface area contributed by atoms with Crippen molar-refractivity contribution in [3.63, 3.8) is 0 Å². The maximum absolute atomic E-state index is 13.6. The Morgan fingerprint density at radius 2 is 1.47 bits per heavy atom. The molecule has 1 aromatic heterocycles. The van der Waals surface area contributed by atoms with E-state index >= 15 is 0 Å². The van der Waals surface area contributed by atoms with Crippen molar-refractivity contribution in [3.8, 4) is 0 Å². The molecule has 6 rings (SSSR count). The van der Waals surface area contributed by atoms with Gasteiger partial charge in [0.1, 0.15) is 0 Å². The topological polar surface area (TPSA) is 117 Å². The number of aromatic nitrogens is 1. The van der Waals surface area contributed by atoms with E-state index in [1.54, 1.807) is 83.2 Å². The van der Waals surface area contributed by atoms with E-state index in [1.807, 2.05) is 13.8 Å². The van der Waals surface area contributed by atoms with Crippen LogP contribution in [-0.4, -0.2) is 48.5 Å². The first-order chi connectivity index (χ1) is 21.7. The molecule has 5 aromatic rings. The molecule has 0 spiro atoms. The van der Waals surface area contributed by atoms with E-state index in [4.69, 9.17) is 0 Å². The average molecular weight is 641 g/mol. The summed E-state index contributed by atoms with van der Waals surface area (Å²) in [7, 11) is -3.68. The van der Waals surface area contributed by atoms with Crippen molar-refractivity contribution in [2.45, 2.75) is 44.4 Å². The first-order valence-electron chi connectivity index (χ1n) is 15.0. The molecular weight excluding hydrogens is 609 g/mol. The van der Waals surface area contributed by atoms with Gasteiger partial charge >= 0.3 is 0 Å². The largest absolute Gasteiger partial charge is 0.298 e. The first-order valence-corrected chi connectivity index (χ1v) is 17.2. The molecule has 0 fully saturated rings. The van der Waals surface area contributed by atoms with Crippen LogP contribution >= 0.6 is 11.3 Å². The Balaban J connectivity index is 1.28. The highest BCUT2D eigenvalue weighted by molar-refractivity contribution is 7.89. The molecular formula is C34H32N4O5S2. The van der Waals surface area contributed by atoms with Gasteiger partial charge in [-0.15, -0.1) is 0 Å². The van der Waals surface area contributed by atoms with Crippen LogP contribution in [0.5, 0.6) is 0 Å². The number of fused-ring (bicyclic) bond motifs is 3. The van der Waals surface area contributed by atoms with E-state index in [0.29, 0.717) is 61.6 Å². The predicted octanol–water partition coefficient (Wildman–Crippen LogP) is 7.09. The lowest BCUT2D eigenvalue weighted by molar-refractivity contribution is 0.0925. The molecule has 3 amide bonds. The number of nitrogens with one attached hydrogen (secondary N) is 1. The molecule has 0 saturated carbocycles. The van der Waals surface area contributed by atoms with Gasteiger partial charge in [0, 0.05) is 24.0 Å². The number of imide groups is 1. The van der Waals surface area contributed by atoms with Crippen molar-refractivity contribution in [2.75, 3.05) is 23.3 Å². The second kappa shape index (κ2) is 12.5. The molecule has 0 radical (unpaired) electrons. The minimum Gasteiger partial charge on any atom is -0.298 e. The summed E-state index contributed by atoms with van der Waals surface area (Å²) in [5.41, 5.74) is 2.00. The summed E-state index contributed by atoms with van der Waals surface area (Å²) < 4.78 is 29.2. The van der Waals surface area contributed by atoms with Gasteiger partial charge in [-0.3, -0.25) is 19.7 Å². The maximum atomic E-state index is 13.6. The normalized spacial score (nSPS) is 13.3. The Bertz CT molecular complexity index is 2030. The van der Waals surface area contributed by atoms with E-state index in [0.717, 1.165) is 30.6 Å². The number of carbonyl (C=O) groups is 3. The quantitative estimate of drug-likeness (QED) is 0.154. The second-order valence-corrected chi connectivity index (χ2v) is 13.9. The number of anilines is 2. The lowest BCUT2D eigenvalue weighted by Gasteiger charge is -2.21. The zero-order chi connectivity index (χ0) is 31.7. The number of unbranched alkanes of at least 4 members (excludes halogenated alkanes) is 2. The van der Waals surface area contributed by atoms with Crippen LogP contribution in [0.3, 0.4) is 0 Å². The van der Waals surface area contributed by atoms with Gasteiger partial charge in [0.2, 0.25) is 10.0 Å². The van der Waals surface area contributed by atoms with Gasteiger partial charge in [-0.25, -0.2) is 18.3 Å². The molecule has 45 heavy (non-hydrogen) atoms. The summed E-state index contributed by atoms with van der Waals surface area (Å²) in [6, 6.07) is 21.9. The number of amides is 3. The summed E-state index contributed by atoms with van der Waals surface area (Å²) >= 11 is 1.20. The van der Waals surface area contributed by atoms with Crippen molar-refractivity contribution in [1.82, 2.24) is 9.29 Å². The number of carbonyl (C=O) groups excluding carboxylic acids is 3. The monoisotopic (exact) mass is 640 g/mol. The van der Waals surface area contributed by atoms with Crippen molar-refractivity contribution in [3.05, 3.63) is 95.6 Å². The lowest BCUT2D eigenvalue weighted by Crippen LogP contribution is -2.33. The van der Waals surface area contributed by atoms with Gasteiger partial charge in [-0.1, -0.05) is 74.4 Å². The average Bonchev–Trinajstić information content (AvgIpc) is 3.56. The first kappa shape index (κ1) is 30.6. The van der Waals surface area contributed by atoms with Crippen LogP contribution in [-0.2, 0) is 10.0 Å². The molecule has 0 unspecified atom stereocenters. The van der Waals surface area contributed by atoms with Gasteiger partial charge in [0.15, 0.2) is 5.13 Å². The highest BCUT2D eigenvalue weighted by Gasteiger charge is 2.37. The molecule has 0 bridgehead atoms. The minimum atomic E-state index is -3.68. The molecule has 230 valence electrons. The third kappa shape index (κ3) is 5.63.